The summed E-state index contributed by atoms with van der Waals surface area (Å²) in [5.41, 5.74) is 5.91. The summed E-state index contributed by atoms with van der Waals surface area (Å²) in [7, 11) is 1.64. The Balaban J connectivity index is 1.83. The van der Waals surface area contributed by atoms with Crippen molar-refractivity contribution in [3.8, 4) is 5.75 Å². The Morgan fingerprint density at radius 1 is 1.28 bits per heavy atom. The molecule has 0 aromatic heterocycles. The Morgan fingerprint density at radius 2 is 2.00 bits per heavy atom. The molecule has 0 spiro atoms. The molecule has 0 bridgehead atoms. The van der Waals surface area contributed by atoms with Crippen LogP contribution in [0.1, 0.15) is 6.42 Å². The highest BCUT2D eigenvalue weighted by Gasteiger charge is 2.41. The van der Waals surface area contributed by atoms with Gasteiger partial charge in [-0.2, -0.15) is 0 Å². The fraction of sp³-hybridized carbons (Fsp3) is 0.538. The van der Waals surface area contributed by atoms with Crippen LogP contribution in [0, 0.1) is 0 Å². The molecular formula is C13H18ClNO3. The fourth-order valence-electron chi connectivity index (χ4n) is 1.92. The highest BCUT2D eigenvalue weighted by Crippen LogP contribution is 2.28. The second kappa shape index (κ2) is 6.38. The van der Waals surface area contributed by atoms with Crippen molar-refractivity contribution in [2.75, 3.05) is 20.3 Å². The molecule has 1 aliphatic rings. The normalized spacial score (nSPS) is 26.7. The highest BCUT2D eigenvalue weighted by molar-refractivity contribution is 6.30. The maximum absolute atomic E-state index is 5.91. The Bertz CT molecular complexity index is 371. The van der Waals surface area contributed by atoms with Crippen LogP contribution in [0.2, 0.25) is 5.02 Å². The van der Waals surface area contributed by atoms with E-state index in [1.165, 1.54) is 0 Å². The fourth-order valence-corrected chi connectivity index (χ4v) is 2.04. The number of methoxy groups -OCH3 is 1. The van der Waals surface area contributed by atoms with Gasteiger partial charge in [0.05, 0.1) is 13.2 Å². The van der Waals surface area contributed by atoms with E-state index in [-0.39, 0.29) is 18.2 Å². The van der Waals surface area contributed by atoms with Crippen molar-refractivity contribution in [1.29, 1.82) is 0 Å². The van der Waals surface area contributed by atoms with Gasteiger partial charge in [0, 0.05) is 24.6 Å². The van der Waals surface area contributed by atoms with Crippen molar-refractivity contribution >= 4 is 11.6 Å². The molecule has 1 aromatic carbocycles. The predicted molar refractivity (Wildman–Crippen MR) is 70.1 cm³/mol. The summed E-state index contributed by atoms with van der Waals surface area (Å²) < 4.78 is 16.4. The molecule has 0 heterocycles. The van der Waals surface area contributed by atoms with Gasteiger partial charge < -0.3 is 19.9 Å². The van der Waals surface area contributed by atoms with E-state index < -0.39 is 0 Å². The maximum Gasteiger partial charge on any atom is 0.128 e. The largest absolute Gasteiger partial charge is 0.488 e. The second-order valence-electron chi connectivity index (χ2n) is 4.34. The minimum Gasteiger partial charge on any atom is -0.488 e. The standard InChI is InChI=1S/C13H18ClNO3/c1-16-6-7-17-13-11(15)8-12(13)18-10-4-2-9(14)3-5-10/h2-5,11-13H,6-8,15H2,1H3. The number of ether oxygens (including phenoxy) is 3. The van der Waals surface area contributed by atoms with E-state index in [0.29, 0.717) is 18.2 Å². The minimum absolute atomic E-state index is 0.0121. The van der Waals surface area contributed by atoms with Gasteiger partial charge in [-0.1, -0.05) is 11.6 Å². The molecule has 0 amide bonds. The Kier molecular flexibility index (Phi) is 4.83. The van der Waals surface area contributed by atoms with E-state index in [9.17, 15) is 0 Å². The topological polar surface area (TPSA) is 53.7 Å². The summed E-state index contributed by atoms with van der Waals surface area (Å²) in [5.74, 6) is 0.789. The van der Waals surface area contributed by atoms with Crippen LogP contribution >= 0.6 is 11.6 Å². The van der Waals surface area contributed by atoms with E-state index in [1.807, 2.05) is 12.1 Å². The summed E-state index contributed by atoms with van der Waals surface area (Å²) in [5, 5.41) is 0.695. The van der Waals surface area contributed by atoms with Gasteiger partial charge >= 0.3 is 0 Å². The lowest BCUT2D eigenvalue weighted by molar-refractivity contribution is -0.107. The van der Waals surface area contributed by atoms with Crippen LogP contribution in [0.15, 0.2) is 24.3 Å². The molecule has 1 saturated carbocycles. The van der Waals surface area contributed by atoms with Crippen molar-refractivity contribution in [2.45, 2.75) is 24.7 Å². The van der Waals surface area contributed by atoms with Gasteiger partial charge in [-0.25, -0.2) is 0 Å². The number of hydrogen-bond donors (Lipinski definition) is 1. The molecule has 1 fully saturated rings. The summed E-state index contributed by atoms with van der Waals surface area (Å²) in [6.07, 6.45) is 0.758. The summed E-state index contributed by atoms with van der Waals surface area (Å²) >= 11 is 5.82. The average Bonchev–Trinajstić information content (AvgIpc) is 2.36. The van der Waals surface area contributed by atoms with Crippen LogP contribution in [-0.2, 0) is 9.47 Å². The van der Waals surface area contributed by atoms with Gasteiger partial charge in [-0.15, -0.1) is 0 Å². The molecular weight excluding hydrogens is 254 g/mol. The van der Waals surface area contributed by atoms with Gasteiger partial charge in [-0.3, -0.25) is 0 Å². The lowest BCUT2D eigenvalue weighted by Gasteiger charge is -2.41. The molecule has 3 unspecified atom stereocenters. The first kappa shape index (κ1) is 13.6. The number of benzene rings is 1. The summed E-state index contributed by atoms with van der Waals surface area (Å²) in [6.45, 7) is 1.10. The first-order valence-electron chi connectivity index (χ1n) is 5.99. The van der Waals surface area contributed by atoms with Crippen molar-refractivity contribution in [1.82, 2.24) is 0 Å². The highest BCUT2D eigenvalue weighted by atomic mass is 35.5. The minimum atomic E-state index is -0.0594. The van der Waals surface area contributed by atoms with Crippen LogP contribution in [-0.4, -0.2) is 38.6 Å². The maximum atomic E-state index is 5.91. The van der Waals surface area contributed by atoms with Gasteiger partial charge in [0.1, 0.15) is 18.0 Å². The molecule has 1 aromatic rings. The zero-order valence-corrected chi connectivity index (χ0v) is 11.1. The predicted octanol–water partition coefficient (Wildman–Crippen LogP) is 1.85. The van der Waals surface area contributed by atoms with Crippen LogP contribution in [0.3, 0.4) is 0 Å². The molecule has 2 rings (SSSR count). The Labute approximate surface area is 112 Å². The summed E-state index contributed by atoms with van der Waals surface area (Å²) in [6, 6.07) is 7.34. The second-order valence-corrected chi connectivity index (χ2v) is 4.77. The third-order valence-corrected chi connectivity index (χ3v) is 3.24. The van der Waals surface area contributed by atoms with Crippen molar-refractivity contribution < 1.29 is 14.2 Å². The Morgan fingerprint density at radius 3 is 2.61 bits per heavy atom. The Hall–Kier alpha value is -0.810. The van der Waals surface area contributed by atoms with Crippen LogP contribution < -0.4 is 10.5 Å². The third kappa shape index (κ3) is 3.36. The van der Waals surface area contributed by atoms with Gasteiger partial charge in [0.15, 0.2) is 0 Å². The number of hydrogen-bond acceptors (Lipinski definition) is 4. The van der Waals surface area contributed by atoms with Gasteiger partial charge in [0.25, 0.3) is 0 Å². The average molecular weight is 272 g/mol. The first-order valence-corrected chi connectivity index (χ1v) is 6.37. The molecule has 4 nitrogen and oxygen atoms in total. The molecule has 0 aliphatic heterocycles. The molecule has 18 heavy (non-hydrogen) atoms. The lowest BCUT2D eigenvalue weighted by atomic mass is 9.86. The SMILES string of the molecule is COCCOC1C(N)CC1Oc1ccc(Cl)cc1. The quantitative estimate of drug-likeness (QED) is 0.803. The van der Waals surface area contributed by atoms with E-state index in [0.717, 1.165) is 12.2 Å². The van der Waals surface area contributed by atoms with Crippen molar-refractivity contribution in [2.24, 2.45) is 5.73 Å². The molecule has 2 N–H and O–H groups in total. The van der Waals surface area contributed by atoms with Gasteiger partial charge in [-0.05, 0) is 24.3 Å². The molecule has 3 atom stereocenters. The van der Waals surface area contributed by atoms with Crippen LogP contribution in [0.4, 0.5) is 0 Å². The summed E-state index contributed by atoms with van der Waals surface area (Å²) in [4.78, 5) is 0. The number of halogens is 1. The first-order chi connectivity index (χ1) is 8.70. The molecule has 0 saturated heterocycles. The molecule has 100 valence electrons. The number of rotatable bonds is 6. The zero-order chi connectivity index (χ0) is 13.0. The molecule has 1 aliphatic carbocycles. The monoisotopic (exact) mass is 271 g/mol. The van der Waals surface area contributed by atoms with Gasteiger partial charge in [0.2, 0.25) is 0 Å². The molecule has 0 radical (unpaired) electrons. The smallest absolute Gasteiger partial charge is 0.128 e. The van der Waals surface area contributed by atoms with E-state index >= 15 is 0 Å². The molecule has 5 heteroatoms. The zero-order valence-electron chi connectivity index (χ0n) is 10.3. The lowest BCUT2D eigenvalue weighted by Crippen LogP contribution is -2.59. The van der Waals surface area contributed by atoms with E-state index in [1.54, 1.807) is 19.2 Å². The third-order valence-electron chi connectivity index (χ3n) is 2.99. The van der Waals surface area contributed by atoms with Crippen LogP contribution in [0.25, 0.3) is 0 Å². The van der Waals surface area contributed by atoms with Crippen LogP contribution in [0.5, 0.6) is 5.75 Å². The van der Waals surface area contributed by atoms with Crippen molar-refractivity contribution in [3.05, 3.63) is 29.3 Å². The number of nitrogens with two attached hydrogens (primary N) is 1. The van der Waals surface area contributed by atoms with E-state index in [4.69, 9.17) is 31.5 Å². The van der Waals surface area contributed by atoms with E-state index in [2.05, 4.69) is 0 Å². The van der Waals surface area contributed by atoms with Crippen molar-refractivity contribution in [3.63, 3.8) is 0 Å².